The van der Waals surface area contributed by atoms with Crippen LogP contribution in [0.2, 0.25) is 0 Å². The maximum Gasteiger partial charge on any atom is 0.190 e. The van der Waals surface area contributed by atoms with Crippen LogP contribution in [-0.2, 0) is 59.6 Å². The summed E-state index contributed by atoms with van der Waals surface area (Å²) >= 11 is 0. The van der Waals surface area contributed by atoms with E-state index in [0.717, 1.165) is 22.3 Å². The lowest BCUT2D eigenvalue weighted by Gasteiger charge is -2.48. The molecule has 2 saturated heterocycles. The third kappa shape index (κ3) is 9.86. The van der Waals surface area contributed by atoms with Gasteiger partial charge in [-0.2, -0.15) is 0 Å². The van der Waals surface area contributed by atoms with E-state index in [9.17, 15) is 20.4 Å². The largest absolute Gasteiger partial charge is 0.394 e. The molecule has 10 atom stereocenters. The number of aliphatic hydroxyl groups excluding tert-OH is 4. The molecule has 0 spiro atoms. The first-order valence-electron chi connectivity index (χ1n) is 17.2. The van der Waals surface area contributed by atoms with Gasteiger partial charge in [-0.3, -0.25) is 0 Å². The molecule has 0 radical (unpaired) electrons. The van der Waals surface area contributed by atoms with Crippen LogP contribution in [0.1, 0.15) is 22.3 Å². The Balaban J connectivity index is 1.30. The highest BCUT2D eigenvalue weighted by atomic mass is 16.8. The summed E-state index contributed by atoms with van der Waals surface area (Å²) in [7, 11) is 0. The summed E-state index contributed by atoms with van der Waals surface area (Å²) in [6.45, 7) is -0.492. The van der Waals surface area contributed by atoms with Crippen LogP contribution in [0.15, 0.2) is 121 Å². The summed E-state index contributed by atoms with van der Waals surface area (Å²) < 4.78 is 44.4. The smallest absolute Gasteiger partial charge is 0.190 e. The summed E-state index contributed by atoms with van der Waals surface area (Å²) in [5, 5.41) is 43.4. The van der Waals surface area contributed by atoms with Gasteiger partial charge < -0.3 is 53.6 Å². The van der Waals surface area contributed by atoms with Crippen LogP contribution >= 0.6 is 0 Å². The summed E-state index contributed by atoms with van der Waals surface area (Å²) in [6, 6.07) is 38.0. The molecule has 0 bridgehead atoms. The van der Waals surface area contributed by atoms with Gasteiger partial charge in [-0.15, -0.1) is 0 Å². The van der Waals surface area contributed by atoms with E-state index in [4.69, 9.17) is 33.2 Å². The molecular formula is C40H46O11. The van der Waals surface area contributed by atoms with Crippen molar-refractivity contribution in [3.05, 3.63) is 144 Å². The predicted molar refractivity (Wildman–Crippen MR) is 185 cm³/mol. The predicted octanol–water partition coefficient (Wildman–Crippen LogP) is 3.50. The second-order valence-corrected chi connectivity index (χ2v) is 12.6. The highest BCUT2D eigenvalue weighted by Crippen LogP contribution is 2.34. The lowest BCUT2D eigenvalue weighted by molar-refractivity contribution is -0.389. The normalized spacial score (nSPS) is 29.5. The first kappa shape index (κ1) is 37.2. The molecule has 0 amide bonds. The van der Waals surface area contributed by atoms with Crippen molar-refractivity contribution in [1.29, 1.82) is 0 Å². The third-order valence-corrected chi connectivity index (χ3v) is 9.01. The van der Waals surface area contributed by atoms with E-state index in [1.807, 2.05) is 121 Å². The van der Waals surface area contributed by atoms with Crippen LogP contribution in [0.4, 0.5) is 0 Å². The number of rotatable bonds is 16. The molecule has 2 aliphatic rings. The minimum Gasteiger partial charge on any atom is -0.394 e. The highest BCUT2D eigenvalue weighted by molar-refractivity contribution is 5.16. The molecule has 0 aromatic heterocycles. The molecule has 272 valence electrons. The minimum absolute atomic E-state index is 0.136. The fraction of sp³-hybridized carbons (Fsp3) is 0.400. The number of aliphatic hydroxyl groups is 4. The van der Waals surface area contributed by atoms with E-state index in [1.165, 1.54) is 0 Å². The maximum atomic E-state index is 11.4. The Bertz CT molecular complexity index is 1430. The van der Waals surface area contributed by atoms with Gasteiger partial charge in [0.2, 0.25) is 0 Å². The molecule has 6 rings (SSSR count). The molecule has 4 aromatic rings. The molecule has 0 saturated carbocycles. The van der Waals surface area contributed by atoms with E-state index in [0.29, 0.717) is 0 Å². The van der Waals surface area contributed by atoms with Gasteiger partial charge in [0, 0.05) is 0 Å². The van der Waals surface area contributed by atoms with Crippen LogP contribution in [-0.4, -0.2) is 95.1 Å². The van der Waals surface area contributed by atoms with Crippen molar-refractivity contribution in [2.24, 2.45) is 0 Å². The van der Waals surface area contributed by atoms with Crippen molar-refractivity contribution >= 4 is 0 Å². The van der Waals surface area contributed by atoms with Crippen LogP contribution in [0, 0.1) is 0 Å². The molecule has 2 aliphatic heterocycles. The summed E-state index contributed by atoms with van der Waals surface area (Å²) in [5.74, 6) is 0. The standard InChI is InChI=1S/C40H46O11/c41-21-31-33(43)35(45-23-27-13-5-1-6-14-27)37(47-25-29-17-9-3-10-18-29)39(49-31)51-40-38(48-26-30-19-11-4-12-20-30)36(34(44)32(22-42)50-40)46-24-28-15-7-2-8-16-28/h1-20,31-44H,21-26H2/t31-,32+,33-,34-,35+,36-,37+,38-,39+,40+/m0/s1. The van der Waals surface area contributed by atoms with E-state index >= 15 is 0 Å². The average molecular weight is 703 g/mol. The second kappa shape index (κ2) is 18.8. The van der Waals surface area contributed by atoms with Gasteiger partial charge in [-0.25, -0.2) is 0 Å². The number of hydrogen-bond donors (Lipinski definition) is 4. The Morgan fingerprint density at radius 2 is 0.686 bits per heavy atom. The van der Waals surface area contributed by atoms with Gasteiger partial charge in [0.05, 0.1) is 39.6 Å². The third-order valence-electron chi connectivity index (χ3n) is 9.01. The van der Waals surface area contributed by atoms with Gasteiger partial charge in [-0.05, 0) is 22.3 Å². The highest BCUT2D eigenvalue weighted by Gasteiger charge is 2.52. The Morgan fingerprint density at radius 3 is 0.961 bits per heavy atom. The Hall–Kier alpha value is -3.56. The van der Waals surface area contributed by atoms with E-state index in [1.54, 1.807) is 0 Å². The summed E-state index contributed by atoms with van der Waals surface area (Å²) in [5.41, 5.74) is 3.48. The lowest BCUT2D eigenvalue weighted by atomic mass is 9.97. The SMILES string of the molecule is OC[C@@H]1O[C@H](O[C@H]2O[C@H](CO)[C@H](O)[C@H](OCc3ccccc3)[C@@H]2OCc2ccccc2)[C@H](OCc2ccccc2)[C@H](OCc2ccccc2)[C@H]1O. The molecule has 4 aromatic carbocycles. The molecule has 11 nitrogen and oxygen atoms in total. The van der Waals surface area contributed by atoms with Crippen molar-refractivity contribution in [3.63, 3.8) is 0 Å². The lowest BCUT2D eigenvalue weighted by Crippen LogP contribution is -2.65. The van der Waals surface area contributed by atoms with Crippen molar-refractivity contribution in [2.75, 3.05) is 13.2 Å². The van der Waals surface area contributed by atoms with Crippen LogP contribution in [0.3, 0.4) is 0 Å². The number of benzene rings is 4. The Labute approximate surface area is 297 Å². The Kier molecular flexibility index (Phi) is 13.7. The average Bonchev–Trinajstić information content (AvgIpc) is 3.18. The van der Waals surface area contributed by atoms with Gasteiger partial charge in [0.1, 0.15) is 48.8 Å². The van der Waals surface area contributed by atoms with Gasteiger partial charge in [-0.1, -0.05) is 121 Å². The van der Waals surface area contributed by atoms with E-state index in [2.05, 4.69) is 0 Å². The zero-order valence-corrected chi connectivity index (χ0v) is 28.2. The number of hydrogen-bond acceptors (Lipinski definition) is 11. The second-order valence-electron chi connectivity index (χ2n) is 12.6. The van der Waals surface area contributed by atoms with Crippen molar-refractivity contribution in [2.45, 2.75) is 87.8 Å². The van der Waals surface area contributed by atoms with Crippen molar-refractivity contribution in [3.8, 4) is 0 Å². The molecule has 2 heterocycles. The molecule has 2 fully saturated rings. The monoisotopic (exact) mass is 702 g/mol. The molecule has 11 heteroatoms. The summed E-state index contributed by atoms with van der Waals surface area (Å²) in [4.78, 5) is 0. The summed E-state index contributed by atoms with van der Waals surface area (Å²) in [6.07, 6.45) is -11.3. The molecule has 51 heavy (non-hydrogen) atoms. The maximum absolute atomic E-state index is 11.4. The van der Waals surface area contributed by atoms with Crippen LogP contribution in [0.5, 0.6) is 0 Å². The van der Waals surface area contributed by atoms with E-state index in [-0.39, 0.29) is 26.4 Å². The molecular weight excluding hydrogens is 656 g/mol. The van der Waals surface area contributed by atoms with Crippen LogP contribution in [0.25, 0.3) is 0 Å². The first-order valence-corrected chi connectivity index (χ1v) is 17.2. The fourth-order valence-corrected chi connectivity index (χ4v) is 6.24. The van der Waals surface area contributed by atoms with Crippen molar-refractivity contribution < 1.29 is 53.6 Å². The van der Waals surface area contributed by atoms with Crippen molar-refractivity contribution in [1.82, 2.24) is 0 Å². The van der Waals surface area contributed by atoms with E-state index < -0.39 is 74.6 Å². The zero-order valence-electron chi connectivity index (χ0n) is 28.2. The number of ether oxygens (including phenoxy) is 7. The van der Waals surface area contributed by atoms with Gasteiger partial charge in [0.15, 0.2) is 12.6 Å². The minimum atomic E-state index is -1.27. The van der Waals surface area contributed by atoms with Crippen LogP contribution < -0.4 is 0 Å². The first-order chi connectivity index (χ1) is 25.0. The van der Waals surface area contributed by atoms with Gasteiger partial charge in [0.25, 0.3) is 0 Å². The quantitative estimate of drug-likeness (QED) is 0.136. The topological polar surface area (TPSA) is 146 Å². The molecule has 4 N–H and O–H groups in total. The molecule has 0 unspecified atom stereocenters. The zero-order chi connectivity index (χ0) is 35.4. The molecule has 0 aliphatic carbocycles. The Morgan fingerprint density at radius 1 is 0.412 bits per heavy atom. The fourth-order valence-electron chi connectivity index (χ4n) is 6.24. The van der Waals surface area contributed by atoms with Gasteiger partial charge >= 0.3 is 0 Å².